The summed E-state index contributed by atoms with van der Waals surface area (Å²) in [7, 11) is 1.13. The van der Waals surface area contributed by atoms with Gasteiger partial charge >= 0.3 is 24.7 Å². The van der Waals surface area contributed by atoms with Crippen LogP contribution in [0.3, 0.4) is 0 Å². The highest BCUT2D eigenvalue weighted by molar-refractivity contribution is 9.10. The number of nitrogens with two attached hydrogens (primary N) is 1. The van der Waals surface area contributed by atoms with Gasteiger partial charge in [-0.15, -0.1) is 26.3 Å². The fourth-order valence-corrected chi connectivity index (χ4v) is 2.16. The number of carbonyl (C=O) groups excluding carboxylic acids is 1. The van der Waals surface area contributed by atoms with E-state index in [9.17, 15) is 35.9 Å². The summed E-state index contributed by atoms with van der Waals surface area (Å²) in [6, 6.07) is 6.37. The van der Waals surface area contributed by atoms with Crippen LogP contribution >= 0.6 is 15.9 Å². The monoisotopic (exact) mass is 551 g/mol. The number of hydrogen-bond acceptors (Lipinski definition) is 6. The van der Waals surface area contributed by atoms with Gasteiger partial charge in [0.1, 0.15) is 5.75 Å². The molecule has 0 saturated carbocycles. The predicted octanol–water partition coefficient (Wildman–Crippen LogP) is 6.27. The first kappa shape index (κ1) is 32.0. The molecule has 33 heavy (non-hydrogen) atoms. The number of esters is 1. The van der Waals surface area contributed by atoms with Crippen LogP contribution in [0, 0.1) is 0 Å². The molecule has 0 heterocycles. The SMILES string of the molecule is C.C.COC(=O)c1ccc(Br)c(OC(F)(F)F)c1.Nc1ccc(C(=O)O)cc1OC(F)(F)F. The van der Waals surface area contributed by atoms with Gasteiger partial charge in [0, 0.05) is 0 Å². The van der Waals surface area contributed by atoms with E-state index in [1.807, 2.05) is 0 Å². The largest absolute Gasteiger partial charge is 0.573 e. The molecular weight excluding hydrogens is 532 g/mol. The van der Waals surface area contributed by atoms with Crippen molar-refractivity contribution in [3.63, 3.8) is 0 Å². The molecule has 0 bridgehead atoms. The van der Waals surface area contributed by atoms with Gasteiger partial charge in [-0.3, -0.25) is 0 Å². The third-order valence-corrected chi connectivity index (χ3v) is 3.72. The van der Waals surface area contributed by atoms with Gasteiger partial charge in [0.05, 0.1) is 28.4 Å². The normalized spacial score (nSPS) is 10.4. The van der Waals surface area contributed by atoms with Crippen molar-refractivity contribution in [1.29, 1.82) is 0 Å². The van der Waals surface area contributed by atoms with E-state index in [2.05, 4.69) is 30.1 Å². The summed E-state index contributed by atoms with van der Waals surface area (Å²) in [5.41, 5.74) is 4.55. The van der Waals surface area contributed by atoms with Crippen molar-refractivity contribution >= 4 is 33.6 Å². The first-order chi connectivity index (χ1) is 14.1. The lowest BCUT2D eigenvalue weighted by Gasteiger charge is -2.11. The molecule has 0 spiro atoms. The minimum atomic E-state index is -4.90. The Balaban J connectivity index is 0. The summed E-state index contributed by atoms with van der Waals surface area (Å²) >= 11 is 2.88. The third-order valence-electron chi connectivity index (χ3n) is 3.06. The Morgan fingerprint density at radius 3 is 1.79 bits per heavy atom. The average molecular weight is 552 g/mol. The second-order valence-corrected chi connectivity index (χ2v) is 6.14. The van der Waals surface area contributed by atoms with Crippen molar-refractivity contribution in [1.82, 2.24) is 0 Å². The summed E-state index contributed by atoms with van der Waals surface area (Å²) < 4.78 is 83.1. The number of hydrogen-bond donors (Lipinski definition) is 2. The molecule has 0 atom stereocenters. The number of nitrogen functional groups attached to an aromatic ring is 1. The van der Waals surface area contributed by atoms with E-state index in [1.54, 1.807) is 0 Å². The molecule has 2 rings (SSSR count). The molecule has 2 aromatic carbocycles. The molecule has 0 unspecified atom stereocenters. The summed E-state index contributed by atoms with van der Waals surface area (Å²) in [6.07, 6.45) is -9.71. The lowest BCUT2D eigenvalue weighted by atomic mass is 10.2. The fourth-order valence-electron chi connectivity index (χ4n) is 1.83. The molecule has 0 aliphatic heterocycles. The standard InChI is InChI=1S/C9H6BrF3O3.C8H6F3NO3.2CH4/c1-15-8(14)5-2-3-6(10)7(4-5)16-9(11,12)13;9-8(10,11)15-6-3-4(7(13)14)1-2-5(6)12;;/h2-4H,1H3;1-3H,12H2,(H,13,14);2*1H4. The summed E-state index contributed by atoms with van der Waals surface area (Å²) in [5.74, 6) is -3.31. The first-order valence-electron chi connectivity index (χ1n) is 7.65. The quantitative estimate of drug-likeness (QED) is 0.262. The van der Waals surface area contributed by atoms with E-state index < -0.39 is 36.2 Å². The van der Waals surface area contributed by atoms with Crippen molar-refractivity contribution < 1.29 is 55.2 Å². The molecule has 0 aliphatic carbocycles. The van der Waals surface area contributed by atoms with Crippen LogP contribution in [0.25, 0.3) is 0 Å². The molecule has 3 N–H and O–H groups in total. The Hall–Kier alpha value is -3.16. The maximum absolute atomic E-state index is 12.0. The Bertz CT molecular complexity index is 949. The number of alkyl halides is 6. The first-order valence-corrected chi connectivity index (χ1v) is 8.44. The zero-order valence-electron chi connectivity index (χ0n) is 15.2. The van der Waals surface area contributed by atoms with Crippen LogP contribution in [0.2, 0.25) is 0 Å². The summed E-state index contributed by atoms with van der Waals surface area (Å²) in [4.78, 5) is 21.5. The third kappa shape index (κ3) is 11.3. The minimum absolute atomic E-state index is 0. The molecule has 0 fully saturated rings. The van der Waals surface area contributed by atoms with E-state index in [-0.39, 0.29) is 36.1 Å². The number of rotatable bonds is 4. The average Bonchev–Trinajstić information content (AvgIpc) is 2.63. The summed E-state index contributed by atoms with van der Waals surface area (Å²) in [6.45, 7) is 0. The van der Waals surface area contributed by atoms with Gasteiger partial charge in [-0.1, -0.05) is 14.9 Å². The van der Waals surface area contributed by atoms with Crippen molar-refractivity contribution in [2.45, 2.75) is 27.6 Å². The Labute approximate surface area is 193 Å². The Morgan fingerprint density at radius 2 is 1.33 bits per heavy atom. The van der Waals surface area contributed by atoms with Gasteiger partial charge in [-0.05, 0) is 52.3 Å². The number of aromatic carboxylic acids is 1. The molecule has 0 amide bonds. The zero-order chi connectivity index (χ0) is 24.0. The minimum Gasteiger partial charge on any atom is -0.478 e. The maximum atomic E-state index is 12.0. The van der Waals surface area contributed by atoms with Crippen molar-refractivity contribution in [2.24, 2.45) is 0 Å². The van der Waals surface area contributed by atoms with E-state index in [0.29, 0.717) is 6.07 Å². The van der Waals surface area contributed by atoms with Crippen LogP contribution in [-0.4, -0.2) is 36.9 Å². The highest BCUT2D eigenvalue weighted by Gasteiger charge is 2.33. The fraction of sp³-hybridized carbons (Fsp3) is 0.263. The number of carboxylic acid groups (broad SMARTS) is 1. The molecule has 0 radical (unpaired) electrons. The van der Waals surface area contributed by atoms with E-state index in [1.165, 1.54) is 12.1 Å². The topological polar surface area (TPSA) is 108 Å². The highest BCUT2D eigenvalue weighted by Crippen LogP contribution is 2.31. The number of ether oxygens (including phenoxy) is 3. The van der Waals surface area contributed by atoms with Gasteiger partial charge < -0.3 is 25.1 Å². The van der Waals surface area contributed by atoms with Crippen molar-refractivity contribution in [2.75, 3.05) is 12.8 Å². The van der Waals surface area contributed by atoms with Gasteiger partial charge in [0.15, 0.2) is 5.75 Å². The smallest absolute Gasteiger partial charge is 0.478 e. The lowest BCUT2D eigenvalue weighted by molar-refractivity contribution is -0.275. The van der Waals surface area contributed by atoms with Gasteiger partial charge in [-0.2, -0.15) is 0 Å². The molecule has 14 heteroatoms. The van der Waals surface area contributed by atoms with E-state index in [0.717, 1.165) is 25.3 Å². The molecule has 186 valence electrons. The van der Waals surface area contributed by atoms with Crippen molar-refractivity contribution in [3.05, 3.63) is 52.0 Å². The van der Waals surface area contributed by atoms with Crippen LogP contribution in [0.4, 0.5) is 32.0 Å². The molecule has 0 aliphatic rings. The zero-order valence-corrected chi connectivity index (χ0v) is 16.8. The Kier molecular flexibility index (Phi) is 12.4. The highest BCUT2D eigenvalue weighted by atomic mass is 79.9. The number of halogens is 7. The van der Waals surface area contributed by atoms with Crippen LogP contribution in [-0.2, 0) is 4.74 Å². The van der Waals surface area contributed by atoms with Crippen LogP contribution in [0.5, 0.6) is 11.5 Å². The maximum Gasteiger partial charge on any atom is 0.573 e. The number of carboxylic acids is 1. The van der Waals surface area contributed by atoms with Gasteiger partial charge in [-0.25, -0.2) is 9.59 Å². The van der Waals surface area contributed by atoms with Crippen LogP contribution in [0.1, 0.15) is 35.6 Å². The number of methoxy groups -OCH3 is 1. The van der Waals surface area contributed by atoms with Crippen molar-refractivity contribution in [3.8, 4) is 11.5 Å². The van der Waals surface area contributed by atoms with Gasteiger partial charge in [0.2, 0.25) is 0 Å². The Morgan fingerprint density at radius 1 is 0.879 bits per heavy atom. The number of carbonyl (C=O) groups is 2. The lowest BCUT2D eigenvalue weighted by Crippen LogP contribution is -2.18. The molecule has 2 aromatic rings. The van der Waals surface area contributed by atoms with E-state index in [4.69, 9.17) is 10.8 Å². The second-order valence-electron chi connectivity index (χ2n) is 5.29. The van der Waals surface area contributed by atoms with E-state index >= 15 is 0 Å². The molecule has 7 nitrogen and oxygen atoms in total. The molecular formula is C19H20BrF6NO6. The number of anilines is 1. The molecule has 0 saturated heterocycles. The van der Waals surface area contributed by atoms with Gasteiger partial charge in [0.25, 0.3) is 0 Å². The summed E-state index contributed by atoms with van der Waals surface area (Å²) in [5, 5.41) is 8.52. The number of benzene rings is 2. The predicted molar refractivity (Wildman–Crippen MR) is 110 cm³/mol. The second kappa shape index (κ2) is 12.8. The van der Waals surface area contributed by atoms with Crippen LogP contribution < -0.4 is 15.2 Å². The molecule has 0 aromatic heterocycles. The van der Waals surface area contributed by atoms with Crippen LogP contribution in [0.15, 0.2) is 40.9 Å².